The first-order valence-electron chi connectivity index (χ1n) is 8.07. The van der Waals surface area contributed by atoms with E-state index in [0.717, 1.165) is 19.3 Å². The summed E-state index contributed by atoms with van der Waals surface area (Å²) in [5.41, 5.74) is 5.72. The largest absolute Gasteiger partial charge is 0.355 e. The number of nitrogens with zero attached hydrogens (tertiary/aromatic N) is 5. The molecule has 11 heteroatoms. The Hall–Kier alpha value is -3.50. The van der Waals surface area contributed by atoms with Crippen LogP contribution >= 0.6 is 0 Å². The van der Waals surface area contributed by atoms with Gasteiger partial charge in [-0.3, -0.25) is 31.1 Å². The molecule has 11 nitrogen and oxygen atoms in total. The van der Waals surface area contributed by atoms with E-state index in [1.807, 2.05) is 4.90 Å². The van der Waals surface area contributed by atoms with E-state index in [1.54, 1.807) is 0 Å². The summed E-state index contributed by atoms with van der Waals surface area (Å²) in [6, 6.07) is 5.64. The third-order valence-electron chi connectivity index (χ3n) is 4.04. The highest BCUT2D eigenvalue weighted by atomic mass is 16.6. The maximum absolute atomic E-state index is 11.6. The highest BCUT2D eigenvalue weighted by molar-refractivity contribution is 5.71. The van der Waals surface area contributed by atoms with E-state index in [4.69, 9.17) is 0 Å². The van der Waals surface area contributed by atoms with Crippen molar-refractivity contribution in [2.75, 3.05) is 28.8 Å². The molecule has 1 saturated heterocycles. The Kier molecular flexibility index (Phi) is 5.06. The first-order chi connectivity index (χ1) is 12.6. The number of nitro benzene ring substituents is 1. The van der Waals surface area contributed by atoms with Crippen LogP contribution in [0, 0.1) is 20.2 Å². The zero-order chi connectivity index (χ0) is 18.5. The summed E-state index contributed by atoms with van der Waals surface area (Å²) in [5.74, 6) is 0.321. The second-order valence-corrected chi connectivity index (χ2v) is 5.75. The molecule has 0 spiro atoms. The Balaban J connectivity index is 1.80. The van der Waals surface area contributed by atoms with E-state index in [0.29, 0.717) is 18.8 Å². The van der Waals surface area contributed by atoms with Crippen molar-refractivity contribution < 1.29 is 9.85 Å². The first kappa shape index (κ1) is 17.3. The van der Waals surface area contributed by atoms with Crippen molar-refractivity contribution in [2.45, 2.75) is 19.3 Å². The second-order valence-electron chi connectivity index (χ2n) is 5.75. The van der Waals surface area contributed by atoms with Crippen LogP contribution in [0.2, 0.25) is 0 Å². The van der Waals surface area contributed by atoms with Gasteiger partial charge in [-0.05, 0) is 31.4 Å². The van der Waals surface area contributed by atoms with Crippen molar-refractivity contribution in [3.05, 3.63) is 50.8 Å². The fraction of sp³-hybridized carbons (Fsp3) is 0.333. The Morgan fingerprint density at radius 3 is 2.23 bits per heavy atom. The molecule has 136 valence electrons. The molecule has 0 atom stereocenters. The van der Waals surface area contributed by atoms with Gasteiger partial charge >= 0.3 is 5.69 Å². The van der Waals surface area contributed by atoms with Gasteiger partial charge in [-0.15, -0.1) is 0 Å². The summed E-state index contributed by atoms with van der Waals surface area (Å²) in [6.45, 7) is 1.43. The third kappa shape index (κ3) is 3.77. The van der Waals surface area contributed by atoms with Crippen LogP contribution in [0.4, 0.5) is 28.7 Å². The molecule has 2 N–H and O–H groups in total. The van der Waals surface area contributed by atoms with Crippen molar-refractivity contribution >= 4 is 28.7 Å². The van der Waals surface area contributed by atoms with Crippen LogP contribution in [0.25, 0.3) is 0 Å². The van der Waals surface area contributed by atoms with Crippen LogP contribution in [0.5, 0.6) is 0 Å². The summed E-state index contributed by atoms with van der Waals surface area (Å²) in [6.07, 6.45) is 4.30. The van der Waals surface area contributed by atoms with Crippen LogP contribution in [-0.4, -0.2) is 32.9 Å². The first-order valence-corrected chi connectivity index (χ1v) is 8.07. The lowest BCUT2D eigenvalue weighted by Gasteiger charge is -2.27. The van der Waals surface area contributed by atoms with Crippen molar-refractivity contribution in [1.82, 2.24) is 9.97 Å². The monoisotopic (exact) mass is 359 g/mol. The Labute approximate surface area is 148 Å². The number of benzene rings is 1. The lowest BCUT2D eigenvalue weighted by Crippen LogP contribution is -2.31. The van der Waals surface area contributed by atoms with Gasteiger partial charge in [0.1, 0.15) is 6.33 Å². The zero-order valence-electron chi connectivity index (χ0n) is 13.8. The summed E-state index contributed by atoms with van der Waals surface area (Å²) < 4.78 is 0. The van der Waals surface area contributed by atoms with Crippen molar-refractivity contribution in [2.24, 2.45) is 0 Å². The number of hydrazine groups is 1. The number of non-ortho nitro benzene ring substituents is 1. The van der Waals surface area contributed by atoms with Gasteiger partial charge in [0.25, 0.3) is 5.69 Å². The summed E-state index contributed by atoms with van der Waals surface area (Å²) in [7, 11) is 0. The molecule has 2 heterocycles. The van der Waals surface area contributed by atoms with Crippen molar-refractivity contribution in [1.29, 1.82) is 0 Å². The average molecular weight is 359 g/mol. The number of hydrogen-bond donors (Lipinski definition) is 2. The molecule has 1 aliphatic rings. The van der Waals surface area contributed by atoms with Gasteiger partial charge in [0.05, 0.1) is 15.5 Å². The quantitative estimate of drug-likeness (QED) is 0.588. The molecular formula is C15H17N7O4. The van der Waals surface area contributed by atoms with Crippen LogP contribution in [0.1, 0.15) is 19.3 Å². The number of anilines is 3. The summed E-state index contributed by atoms with van der Waals surface area (Å²) >= 11 is 0. The van der Waals surface area contributed by atoms with E-state index in [2.05, 4.69) is 20.8 Å². The van der Waals surface area contributed by atoms with Gasteiger partial charge in [-0.2, -0.15) is 0 Å². The van der Waals surface area contributed by atoms with Crippen LogP contribution in [0.15, 0.2) is 30.6 Å². The van der Waals surface area contributed by atoms with Gasteiger partial charge in [0, 0.05) is 25.2 Å². The van der Waals surface area contributed by atoms with Gasteiger partial charge in [0.2, 0.25) is 11.6 Å². The lowest BCUT2D eigenvalue weighted by molar-refractivity contribution is -0.384. The SMILES string of the molecule is O=[N+]([O-])c1ccc(NNc2ncnc(N3CCCCC3)c2[N+](=O)[O-])cc1. The molecule has 1 aromatic carbocycles. The Bertz CT molecular complexity index is 806. The molecule has 0 amide bonds. The summed E-state index contributed by atoms with van der Waals surface area (Å²) in [4.78, 5) is 31.2. The van der Waals surface area contributed by atoms with E-state index >= 15 is 0 Å². The minimum absolute atomic E-state index is 0.0314. The lowest BCUT2D eigenvalue weighted by atomic mass is 10.1. The molecule has 1 aromatic heterocycles. The Morgan fingerprint density at radius 2 is 1.62 bits per heavy atom. The smallest absolute Gasteiger partial charge is 0.351 e. The number of aromatic nitrogens is 2. The molecule has 2 aromatic rings. The molecule has 1 fully saturated rings. The second kappa shape index (κ2) is 7.59. The maximum atomic E-state index is 11.6. The predicted octanol–water partition coefficient (Wildman–Crippen LogP) is 2.72. The van der Waals surface area contributed by atoms with Crippen LogP contribution < -0.4 is 15.8 Å². The fourth-order valence-electron chi connectivity index (χ4n) is 2.76. The number of nitrogens with one attached hydrogen (secondary N) is 2. The predicted molar refractivity (Wildman–Crippen MR) is 95.1 cm³/mol. The topological polar surface area (TPSA) is 139 Å². The van der Waals surface area contributed by atoms with E-state index in [9.17, 15) is 20.2 Å². The van der Waals surface area contributed by atoms with Gasteiger partial charge < -0.3 is 4.90 Å². The van der Waals surface area contributed by atoms with Gasteiger partial charge in [-0.1, -0.05) is 0 Å². The number of hydrogen-bond acceptors (Lipinski definition) is 9. The number of nitro groups is 2. The molecule has 0 unspecified atom stereocenters. The van der Waals surface area contributed by atoms with E-state index in [1.165, 1.54) is 30.6 Å². The molecule has 0 saturated carbocycles. The number of rotatable bonds is 6. The normalized spacial score (nSPS) is 13.9. The Morgan fingerprint density at radius 1 is 0.923 bits per heavy atom. The van der Waals surface area contributed by atoms with Crippen LogP contribution in [0.3, 0.4) is 0 Å². The zero-order valence-corrected chi connectivity index (χ0v) is 13.8. The highest BCUT2D eigenvalue weighted by Crippen LogP contribution is 2.33. The molecular weight excluding hydrogens is 342 g/mol. The van der Waals surface area contributed by atoms with E-state index in [-0.39, 0.29) is 23.0 Å². The minimum atomic E-state index is -0.510. The van der Waals surface area contributed by atoms with Gasteiger partial charge in [-0.25, -0.2) is 9.97 Å². The van der Waals surface area contributed by atoms with Crippen LogP contribution in [-0.2, 0) is 0 Å². The molecule has 1 aliphatic heterocycles. The molecule has 0 aliphatic carbocycles. The highest BCUT2D eigenvalue weighted by Gasteiger charge is 2.27. The molecule has 3 rings (SSSR count). The van der Waals surface area contributed by atoms with Crippen molar-refractivity contribution in [3.8, 4) is 0 Å². The average Bonchev–Trinajstić information content (AvgIpc) is 2.67. The van der Waals surface area contributed by atoms with Gasteiger partial charge in [0.15, 0.2) is 0 Å². The molecule has 0 bridgehead atoms. The van der Waals surface area contributed by atoms with E-state index < -0.39 is 9.85 Å². The number of piperidine rings is 1. The molecule has 0 radical (unpaired) electrons. The third-order valence-corrected chi connectivity index (χ3v) is 4.04. The van der Waals surface area contributed by atoms with Crippen molar-refractivity contribution in [3.63, 3.8) is 0 Å². The minimum Gasteiger partial charge on any atom is -0.351 e. The standard InChI is InChI=1S/C15H17N7O4/c23-21(24)12-6-4-11(5-7-12)18-19-14-13(22(25)26)15(17-10-16-14)20-8-2-1-3-9-20/h4-7,10,18H,1-3,8-9H2,(H,16,17,19). The molecule has 26 heavy (non-hydrogen) atoms. The maximum Gasteiger partial charge on any atom is 0.355 e. The summed E-state index contributed by atoms with van der Waals surface area (Å²) in [5, 5.41) is 22.2. The fourth-order valence-corrected chi connectivity index (χ4v) is 2.76.